The van der Waals surface area contributed by atoms with E-state index in [1.165, 1.54) is 12.1 Å². The van der Waals surface area contributed by atoms with Crippen molar-refractivity contribution in [3.63, 3.8) is 0 Å². The van der Waals surface area contributed by atoms with Crippen LogP contribution in [0.25, 0.3) is 0 Å². The van der Waals surface area contributed by atoms with Gasteiger partial charge in [-0.2, -0.15) is 0 Å². The van der Waals surface area contributed by atoms with Gasteiger partial charge >= 0.3 is 0 Å². The van der Waals surface area contributed by atoms with E-state index in [1.54, 1.807) is 36.4 Å². The van der Waals surface area contributed by atoms with Crippen LogP contribution in [0.3, 0.4) is 0 Å². The van der Waals surface area contributed by atoms with Crippen molar-refractivity contribution in [1.82, 2.24) is 4.72 Å². The van der Waals surface area contributed by atoms with Gasteiger partial charge in [-0.05, 0) is 66.4 Å². The lowest BCUT2D eigenvalue weighted by atomic mass is 10.1. The molecule has 0 heterocycles. The highest BCUT2D eigenvalue weighted by Gasteiger charge is 2.14. The first kappa shape index (κ1) is 23.5. The summed E-state index contributed by atoms with van der Waals surface area (Å²) >= 11 is 0. The second kappa shape index (κ2) is 10.9. The average molecular weight is 453 g/mol. The smallest absolute Gasteiger partial charge is 0.255 e. The Morgan fingerprint density at radius 3 is 2.19 bits per heavy atom. The molecule has 1 amide bonds. The van der Waals surface area contributed by atoms with Gasteiger partial charge in [0.15, 0.2) is 0 Å². The van der Waals surface area contributed by atoms with Gasteiger partial charge in [0.2, 0.25) is 10.0 Å². The van der Waals surface area contributed by atoms with Crippen LogP contribution >= 0.6 is 0 Å². The largest absolute Gasteiger partial charge is 0.494 e. The van der Waals surface area contributed by atoms with E-state index in [9.17, 15) is 13.2 Å². The van der Waals surface area contributed by atoms with E-state index in [2.05, 4.69) is 23.9 Å². The fraction of sp³-hybridized carbons (Fsp3) is 0.240. The fourth-order valence-corrected chi connectivity index (χ4v) is 3.91. The van der Waals surface area contributed by atoms with Crippen LogP contribution in [0.2, 0.25) is 0 Å². The summed E-state index contributed by atoms with van der Waals surface area (Å²) in [6, 6.07) is 22.3. The van der Waals surface area contributed by atoms with Gasteiger partial charge in [0.05, 0.1) is 11.5 Å². The first-order valence-electron chi connectivity index (χ1n) is 10.5. The summed E-state index contributed by atoms with van der Waals surface area (Å²) in [7, 11) is -3.65. The maximum Gasteiger partial charge on any atom is 0.255 e. The maximum absolute atomic E-state index is 12.5. The molecule has 0 aliphatic carbocycles. The molecule has 168 valence electrons. The molecule has 3 aromatic rings. The van der Waals surface area contributed by atoms with Crippen molar-refractivity contribution in [3.05, 3.63) is 90.0 Å². The van der Waals surface area contributed by atoms with Gasteiger partial charge in [0.1, 0.15) is 5.75 Å². The third-order valence-electron chi connectivity index (χ3n) is 4.81. The van der Waals surface area contributed by atoms with E-state index in [0.29, 0.717) is 23.8 Å². The fourth-order valence-electron chi connectivity index (χ4n) is 2.89. The number of nitrogens with one attached hydrogen (secondary N) is 2. The van der Waals surface area contributed by atoms with Gasteiger partial charge in [-0.1, -0.05) is 44.2 Å². The van der Waals surface area contributed by atoms with Gasteiger partial charge < -0.3 is 10.1 Å². The summed E-state index contributed by atoms with van der Waals surface area (Å²) in [5.41, 5.74) is 1.87. The van der Waals surface area contributed by atoms with Gasteiger partial charge in [0.25, 0.3) is 5.91 Å². The molecule has 32 heavy (non-hydrogen) atoms. The highest BCUT2D eigenvalue weighted by molar-refractivity contribution is 7.89. The molecule has 0 spiro atoms. The zero-order valence-electron chi connectivity index (χ0n) is 18.2. The second-order valence-electron chi connectivity index (χ2n) is 7.84. The van der Waals surface area contributed by atoms with Crippen molar-refractivity contribution < 1.29 is 17.9 Å². The minimum atomic E-state index is -3.65. The number of ether oxygens (including phenoxy) is 1. The normalized spacial score (nSPS) is 11.3. The van der Waals surface area contributed by atoms with Crippen LogP contribution in [0.5, 0.6) is 5.75 Å². The number of hydrogen-bond acceptors (Lipinski definition) is 4. The standard InChI is InChI=1S/C25H28N2O4S/c1-19(2)16-17-31-23-12-8-21(9-13-23)25(28)27-22-10-14-24(15-11-22)32(29,30)26-18-20-6-4-3-5-7-20/h3-15,19,26H,16-18H2,1-2H3,(H,27,28). The van der Waals surface area contributed by atoms with Crippen LogP contribution in [-0.4, -0.2) is 20.9 Å². The van der Waals surface area contributed by atoms with Crippen LogP contribution in [0, 0.1) is 5.92 Å². The van der Waals surface area contributed by atoms with E-state index in [0.717, 1.165) is 17.7 Å². The lowest BCUT2D eigenvalue weighted by molar-refractivity contribution is 0.102. The number of anilines is 1. The molecular formula is C25H28N2O4S. The number of carbonyl (C=O) groups excluding carboxylic acids is 1. The molecule has 0 saturated heterocycles. The van der Waals surface area contributed by atoms with Gasteiger partial charge in [0, 0.05) is 17.8 Å². The van der Waals surface area contributed by atoms with Crippen molar-refractivity contribution in [1.29, 1.82) is 0 Å². The Kier molecular flexibility index (Phi) is 8.03. The lowest BCUT2D eigenvalue weighted by Gasteiger charge is -2.10. The number of sulfonamides is 1. The van der Waals surface area contributed by atoms with E-state index in [-0.39, 0.29) is 17.3 Å². The predicted molar refractivity (Wildman–Crippen MR) is 126 cm³/mol. The summed E-state index contributed by atoms with van der Waals surface area (Å²) in [5.74, 6) is 1.01. The van der Waals surface area contributed by atoms with Gasteiger partial charge in [-0.15, -0.1) is 0 Å². The van der Waals surface area contributed by atoms with E-state index in [4.69, 9.17) is 4.74 Å². The number of rotatable bonds is 10. The molecule has 0 aliphatic rings. The number of hydrogen-bond donors (Lipinski definition) is 2. The molecular weight excluding hydrogens is 424 g/mol. The molecule has 3 rings (SSSR count). The Morgan fingerprint density at radius 1 is 0.906 bits per heavy atom. The average Bonchev–Trinajstić information content (AvgIpc) is 2.79. The topological polar surface area (TPSA) is 84.5 Å². The molecule has 0 aromatic heterocycles. The lowest BCUT2D eigenvalue weighted by Crippen LogP contribution is -2.23. The van der Waals surface area contributed by atoms with Crippen molar-refractivity contribution in [2.45, 2.75) is 31.7 Å². The molecule has 0 atom stereocenters. The Hall–Kier alpha value is -3.16. The van der Waals surface area contributed by atoms with E-state index in [1.807, 2.05) is 30.3 Å². The number of carbonyl (C=O) groups is 1. The van der Waals surface area contributed by atoms with Crippen LogP contribution in [0.4, 0.5) is 5.69 Å². The Morgan fingerprint density at radius 2 is 1.56 bits per heavy atom. The summed E-state index contributed by atoms with van der Waals surface area (Å²) in [6.45, 7) is 5.12. The summed E-state index contributed by atoms with van der Waals surface area (Å²) < 4.78 is 33.2. The van der Waals surface area contributed by atoms with Crippen LogP contribution < -0.4 is 14.8 Å². The molecule has 6 nitrogen and oxygen atoms in total. The molecule has 0 radical (unpaired) electrons. The third-order valence-corrected chi connectivity index (χ3v) is 6.23. The predicted octanol–water partition coefficient (Wildman–Crippen LogP) is 4.84. The summed E-state index contributed by atoms with van der Waals surface area (Å²) in [6.07, 6.45) is 0.968. The zero-order chi connectivity index (χ0) is 23.0. The Labute approximate surface area is 189 Å². The summed E-state index contributed by atoms with van der Waals surface area (Å²) in [4.78, 5) is 12.6. The Balaban J connectivity index is 1.56. The van der Waals surface area contributed by atoms with Crippen molar-refractivity contribution in [2.24, 2.45) is 5.92 Å². The molecule has 0 aliphatic heterocycles. The van der Waals surface area contributed by atoms with Crippen molar-refractivity contribution >= 4 is 21.6 Å². The van der Waals surface area contributed by atoms with Crippen LogP contribution in [0.1, 0.15) is 36.2 Å². The number of benzene rings is 3. The minimum Gasteiger partial charge on any atom is -0.494 e. The van der Waals surface area contributed by atoms with Crippen LogP contribution in [-0.2, 0) is 16.6 Å². The second-order valence-corrected chi connectivity index (χ2v) is 9.61. The molecule has 3 aromatic carbocycles. The van der Waals surface area contributed by atoms with Gasteiger partial charge in [-0.25, -0.2) is 13.1 Å². The SMILES string of the molecule is CC(C)CCOc1ccc(C(=O)Nc2ccc(S(=O)(=O)NCc3ccccc3)cc2)cc1. The molecule has 7 heteroatoms. The van der Waals surface area contributed by atoms with Crippen molar-refractivity contribution in [2.75, 3.05) is 11.9 Å². The molecule has 0 bridgehead atoms. The highest BCUT2D eigenvalue weighted by atomic mass is 32.2. The molecule has 0 saturated carbocycles. The van der Waals surface area contributed by atoms with Crippen molar-refractivity contribution in [3.8, 4) is 5.75 Å². The van der Waals surface area contributed by atoms with E-state index < -0.39 is 10.0 Å². The maximum atomic E-state index is 12.5. The van der Waals surface area contributed by atoms with Gasteiger partial charge in [-0.3, -0.25) is 4.79 Å². The zero-order valence-corrected chi connectivity index (χ0v) is 19.1. The first-order valence-corrected chi connectivity index (χ1v) is 12.0. The first-order chi connectivity index (χ1) is 15.3. The monoisotopic (exact) mass is 452 g/mol. The third kappa shape index (κ3) is 6.93. The highest BCUT2D eigenvalue weighted by Crippen LogP contribution is 2.17. The minimum absolute atomic E-state index is 0.134. The molecule has 0 fully saturated rings. The number of amides is 1. The quantitative estimate of drug-likeness (QED) is 0.461. The van der Waals surface area contributed by atoms with Crippen LogP contribution in [0.15, 0.2) is 83.8 Å². The summed E-state index contributed by atoms with van der Waals surface area (Å²) in [5, 5.41) is 2.78. The van der Waals surface area contributed by atoms with E-state index >= 15 is 0 Å². The molecule has 2 N–H and O–H groups in total. The Bertz CT molecular complexity index is 1110. The molecule has 0 unspecified atom stereocenters.